The van der Waals surface area contributed by atoms with Gasteiger partial charge in [0.15, 0.2) is 0 Å². The Balaban J connectivity index is 2.53. The molecule has 0 unspecified atom stereocenters. The lowest BCUT2D eigenvalue weighted by atomic mass is 9.91. The van der Waals surface area contributed by atoms with Crippen LogP contribution in [0.15, 0.2) is 18.2 Å². The highest BCUT2D eigenvalue weighted by molar-refractivity contribution is 6.33. The van der Waals surface area contributed by atoms with Crippen LogP contribution in [0.1, 0.15) is 25.3 Å². The van der Waals surface area contributed by atoms with Gasteiger partial charge in [0.05, 0.1) is 6.61 Å². The summed E-state index contributed by atoms with van der Waals surface area (Å²) in [4.78, 5) is 0. The maximum Gasteiger partial charge on any atom is 0.119 e. The predicted molar refractivity (Wildman–Crippen MR) is 57.0 cm³/mol. The highest BCUT2D eigenvalue weighted by atomic mass is 16.5. The van der Waals surface area contributed by atoms with E-state index in [1.807, 2.05) is 25.1 Å². The van der Waals surface area contributed by atoms with E-state index < -0.39 is 0 Å². The molecule has 2 radical (unpaired) electrons. The topological polar surface area (TPSA) is 9.23 Å². The summed E-state index contributed by atoms with van der Waals surface area (Å²) >= 11 is 0. The molecule has 1 aromatic carbocycles. The molecule has 0 saturated carbocycles. The van der Waals surface area contributed by atoms with Gasteiger partial charge >= 0.3 is 0 Å². The fourth-order valence-electron chi connectivity index (χ4n) is 1.07. The average molecular weight is 174 g/mol. The fourth-order valence-corrected chi connectivity index (χ4v) is 1.07. The summed E-state index contributed by atoms with van der Waals surface area (Å²) < 4.78 is 5.53. The van der Waals surface area contributed by atoms with Crippen LogP contribution in [0.5, 0.6) is 5.75 Å². The highest BCUT2D eigenvalue weighted by Crippen LogP contribution is 2.10. The van der Waals surface area contributed by atoms with E-state index in [1.54, 1.807) is 0 Å². The van der Waals surface area contributed by atoms with Gasteiger partial charge in [-0.2, -0.15) is 0 Å². The van der Waals surface area contributed by atoms with Crippen molar-refractivity contribution in [2.75, 3.05) is 6.61 Å². The molecule has 1 rings (SSSR count). The summed E-state index contributed by atoms with van der Waals surface area (Å²) in [6, 6.07) is 5.78. The second-order valence-corrected chi connectivity index (χ2v) is 3.22. The number of ether oxygens (including phenoxy) is 1. The van der Waals surface area contributed by atoms with Crippen molar-refractivity contribution in [1.29, 1.82) is 0 Å². The van der Waals surface area contributed by atoms with Crippen molar-refractivity contribution in [3.63, 3.8) is 0 Å². The van der Waals surface area contributed by atoms with Crippen molar-refractivity contribution in [3.8, 4) is 5.75 Å². The number of benzene rings is 1. The van der Waals surface area contributed by atoms with Crippen LogP contribution < -0.4 is 10.2 Å². The molecule has 13 heavy (non-hydrogen) atoms. The van der Waals surface area contributed by atoms with Gasteiger partial charge in [0.2, 0.25) is 0 Å². The van der Waals surface area contributed by atoms with Crippen LogP contribution in [0.2, 0.25) is 0 Å². The van der Waals surface area contributed by atoms with Gasteiger partial charge in [-0.05, 0) is 25.5 Å². The van der Waals surface area contributed by atoms with Crippen LogP contribution in [0.3, 0.4) is 0 Å². The molecular formula is C11H15BO. The van der Waals surface area contributed by atoms with E-state index in [2.05, 4.69) is 6.92 Å². The number of hydrogen-bond acceptors (Lipinski definition) is 1. The first kappa shape index (κ1) is 10.2. The first-order valence-corrected chi connectivity index (χ1v) is 4.73. The molecule has 1 nitrogen and oxygen atoms in total. The molecule has 0 amide bonds. The molecule has 0 bridgehead atoms. The van der Waals surface area contributed by atoms with Crippen LogP contribution in [0.25, 0.3) is 0 Å². The van der Waals surface area contributed by atoms with Crippen molar-refractivity contribution in [3.05, 3.63) is 23.8 Å². The third-order valence-electron chi connectivity index (χ3n) is 2.01. The predicted octanol–water partition coefficient (Wildman–Crippen LogP) is 1.97. The molecule has 2 heteroatoms. The Hall–Kier alpha value is -0.915. The van der Waals surface area contributed by atoms with E-state index in [-0.39, 0.29) is 0 Å². The molecule has 0 atom stereocenters. The van der Waals surface area contributed by atoms with E-state index in [0.29, 0.717) is 0 Å². The summed E-state index contributed by atoms with van der Waals surface area (Å²) in [7, 11) is 5.69. The first-order valence-electron chi connectivity index (χ1n) is 4.73. The zero-order chi connectivity index (χ0) is 9.68. The molecule has 0 heterocycles. The SMILES string of the molecule is [B]c1ccc(OCCCC)cc1C. The van der Waals surface area contributed by atoms with Gasteiger partial charge in [-0.15, -0.1) is 0 Å². The lowest BCUT2D eigenvalue weighted by Gasteiger charge is -2.07. The van der Waals surface area contributed by atoms with E-state index in [9.17, 15) is 0 Å². The molecule has 0 aliphatic rings. The maximum atomic E-state index is 5.69. The summed E-state index contributed by atoms with van der Waals surface area (Å²) in [6.45, 7) is 4.93. The first-order chi connectivity index (χ1) is 6.24. The molecule has 0 N–H and O–H groups in total. The third-order valence-corrected chi connectivity index (χ3v) is 2.01. The average Bonchev–Trinajstić information content (AvgIpc) is 2.12. The lowest BCUT2D eigenvalue weighted by molar-refractivity contribution is 0.309. The van der Waals surface area contributed by atoms with Gasteiger partial charge in [0, 0.05) is 0 Å². The van der Waals surface area contributed by atoms with Gasteiger partial charge in [-0.25, -0.2) is 0 Å². The molecular weight excluding hydrogens is 159 g/mol. The zero-order valence-corrected chi connectivity index (χ0v) is 8.34. The smallest absolute Gasteiger partial charge is 0.119 e. The minimum absolute atomic E-state index is 0.792. The van der Waals surface area contributed by atoms with Gasteiger partial charge in [-0.1, -0.05) is 30.4 Å². The Bertz CT molecular complexity index is 271. The minimum atomic E-state index is 0.792. The van der Waals surface area contributed by atoms with Gasteiger partial charge in [-0.3, -0.25) is 0 Å². The van der Waals surface area contributed by atoms with E-state index in [4.69, 9.17) is 12.6 Å². The van der Waals surface area contributed by atoms with Crippen molar-refractivity contribution < 1.29 is 4.74 Å². The normalized spacial score (nSPS) is 10.0. The van der Waals surface area contributed by atoms with Crippen LogP contribution >= 0.6 is 0 Å². The molecule has 0 saturated heterocycles. The summed E-state index contributed by atoms with van der Waals surface area (Å²) in [6.07, 6.45) is 2.26. The summed E-state index contributed by atoms with van der Waals surface area (Å²) in [5, 5.41) is 0. The maximum absolute atomic E-state index is 5.69. The largest absolute Gasteiger partial charge is 0.494 e. The fraction of sp³-hybridized carbons (Fsp3) is 0.455. The zero-order valence-electron chi connectivity index (χ0n) is 8.34. The Morgan fingerprint density at radius 3 is 2.77 bits per heavy atom. The van der Waals surface area contributed by atoms with Gasteiger partial charge in [0.1, 0.15) is 13.6 Å². The van der Waals surface area contributed by atoms with E-state index in [1.165, 1.54) is 0 Å². The minimum Gasteiger partial charge on any atom is -0.494 e. The van der Waals surface area contributed by atoms with Crippen LogP contribution in [-0.2, 0) is 0 Å². The van der Waals surface area contributed by atoms with Crippen molar-refractivity contribution in [2.45, 2.75) is 26.7 Å². The Labute approximate surface area is 81.5 Å². The monoisotopic (exact) mass is 174 g/mol. The number of hydrogen-bond donors (Lipinski definition) is 0. The van der Waals surface area contributed by atoms with E-state index in [0.717, 1.165) is 36.2 Å². The quantitative estimate of drug-likeness (QED) is 0.500. The molecule has 0 aromatic heterocycles. The number of aryl methyl sites for hydroxylation is 1. The molecule has 0 aliphatic carbocycles. The van der Waals surface area contributed by atoms with E-state index >= 15 is 0 Å². The van der Waals surface area contributed by atoms with Crippen molar-refractivity contribution in [1.82, 2.24) is 0 Å². The molecule has 68 valence electrons. The third kappa shape index (κ3) is 3.13. The van der Waals surface area contributed by atoms with Gasteiger partial charge in [0.25, 0.3) is 0 Å². The summed E-state index contributed by atoms with van der Waals surface area (Å²) in [5.41, 5.74) is 1.90. The Morgan fingerprint density at radius 2 is 2.15 bits per heavy atom. The standard InChI is InChI=1S/C11H15BO/c1-3-4-7-13-10-5-6-11(12)9(2)8-10/h5-6,8H,3-4,7H2,1-2H3. The summed E-state index contributed by atoms with van der Waals surface area (Å²) in [5.74, 6) is 0.917. The molecule has 0 fully saturated rings. The lowest BCUT2D eigenvalue weighted by Crippen LogP contribution is -2.07. The van der Waals surface area contributed by atoms with Crippen molar-refractivity contribution >= 4 is 13.3 Å². The Kier molecular flexibility index (Phi) is 3.87. The molecule has 0 aliphatic heterocycles. The molecule has 0 spiro atoms. The van der Waals surface area contributed by atoms with Crippen LogP contribution in [-0.4, -0.2) is 14.5 Å². The molecule has 1 aromatic rings. The van der Waals surface area contributed by atoms with Crippen LogP contribution in [0.4, 0.5) is 0 Å². The number of unbranched alkanes of at least 4 members (excludes halogenated alkanes) is 1. The van der Waals surface area contributed by atoms with Crippen molar-refractivity contribution in [2.24, 2.45) is 0 Å². The Morgan fingerprint density at radius 1 is 1.38 bits per heavy atom. The number of rotatable bonds is 4. The van der Waals surface area contributed by atoms with Crippen LogP contribution in [0, 0.1) is 6.92 Å². The highest BCUT2D eigenvalue weighted by Gasteiger charge is 1.95. The second kappa shape index (κ2) is 4.95. The second-order valence-electron chi connectivity index (χ2n) is 3.22. The van der Waals surface area contributed by atoms with Gasteiger partial charge < -0.3 is 4.74 Å².